The Bertz CT molecular complexity index is 870. The van der Waals surface area contributed by atoms with Crippen LogP contribution in [0.15, 0.2) is 59.6 Å². The normalized spacial score (nSPS) is 19.3. The zero-order chi connectivity index (χ0) is 22.2. The number of ether oxygens (including phenoxy) is 1. The highest BCUT2D eigenvalue weighted by Gasteiger charge is 2.25. The van der Waals surface area contributed by atoms with Crippen LogP contribution in [0, 0.1) is 5.92 Å². The molecule has 6 nitrogen and oxygen atoms in total. The lowest BCUT2D eigenvalue weighted by Crippen LogP contribution is -2.53. The second-order valence-corrected chi connectivity index (χ2v) is 8.76. The van der Waals surface area contributed by atoms with Gasteiger partial charge in [0.05, 0.1) is 12.8 Å². The number of rotatable bonds is 7. The number of nitrogens with one attached hydrogen (secondary N) is 1. The Balaban J connectivity index is 0.00000306. The molecule has 7 heteroatoms. The fraction of sp³-hybridized carbons (Fsp3) is 0.500. The van der Waals surface area contributed by atoms with Gasteiger partial charge in [0.2, 0.25) is 0 Å². The minimum Gasteiger partial charge on any atom is -0.495 e. The molecule has 1 atom stereocenters. The maximum absolute atomic E-state index is 5.55. The van der Waals surface area contributed by atoms with Crippen LogP contribution in [0.4, 0.5) is 5.69 Å². The summed E-state index contributed by atoms with van der Waals surface area (Å²) < 4.78 is 5.55. The maximum Gasteiger partial charge on any atom is 0.193 e. The molecule has 0 saturated carbocycles. The zero-order valence-corrected chi connectivity index (χ0v) is 22.3. The van der Waals surface area contributed by atoms with Crippen LogP contribution in [0.2, 0.25) is 0 Å². The van der Waals surface area contributed by atoms with Crippen molar-refractivity contribution in [2.24, 2.45) is 10.9 Å². The van der Waals surface area contributed by atoms with E-state index in [1.165, 1.54) is 30.8 Å². The number of methoxy groups -OCH3 is 1. The molecule has 0 amide bonds. The second kappa shape index (κ2) is 13.0. The van der Waals surface area contributed by atoms with Crippen molar-refractivity contribution in [3.63, 3.8) is 0 Å². The van der Waals surface area contributed by atoms with Crippen molar-refractivity contribution in [3.8, 4) is 5.75 Å². The van der Waals surface area contributed by atoms with Gasteiger partial charge in [-0.1, -0.05) is 42.5 Å². The fourth-order valence-corrected chi connectivity index (χ4v) is 4.83. The number of likely N-dealkylation sites (tertiary alicyclic amines) is 1. The van der Waals surface area contributed by atoms with Crippen LogP contribution >= 0.6 is 24.0 Å². The molecule has 2 aromatic rings. The Morgan fingerprint density at radius 2 is 1.73 bits per heavy atom. The molecular formula is C26H38IN5O. The maximum atomic E-state index is 5.55. The van der Waals surface area contributed by atoms with Crippen LogP contribution < -0.4 is 15.0 Å². The lowest BCUT2D eigenvalue weighted by Gasteiger charge is -2.38. The average Bonchev–Trinajstić information content (AvgIpc) is 3.32. The number of benzene rings is 2. The molecule has 2 heterocycles. The van der Waals surface area contributed by atoms with E-state index in [0.29, 0.717) is 5.92 Å². The molecular weight excluding hydrogens is 525 g/mol. The monoisotopic (exact) mass is 563 g/mol. The van der Waals surface area contributed by atoms with E-state index in [-0.39, 0.29) is 24.0 Å². The summed E-state index contributed by atoms with van der Waals surface area (Å²) in [6.45, 7) is 8.40. The van der Waals surface area contributed by atoms with E-state index >= 15 is 0 Å². The van der Waals surface area contributed by atoms with Gasteiger partial charge in [-0.05, 0) is 43.0 Å². The Hall–Kier alpha value is -2.00. The van der Waals surface area contributed by atoms with Gasteiger partial charge in [0.25, 0.3) is 0 Å². The fourth-order valence-electron chi connectivity index (χ4n) is 4.83. The van der Waals surface area contributed by atoms with E-state index in [2.05, 4.69) is 67.5 Å². The topological polar surface area (TPSA) is 43.3 Å². The first kappa shape index (κ1) is 25.6. The number of guanidine groups is 1. The van der Waals surface area contributed by atoms with E-state index in [1.54, 1.807) is 7.11 Å². The van der Waals surface area contributed by atoms with E-state index in [9.17, 15) is 0 Å². The van der Waals surface area contributed by atoms with Gasteiger partial charge < -0.3 is 24.8 Å². The van der Waals surface area contributed by atoms with Gasteiger partial charge in [0, 0.05) is 52.9 Å². The van der Waals surface area contributed by atoms with Gasteiger partial charge >= 0.3 is 0 Å². The summed E-state index contributed by atoms with van der Waals surface area (Å²) in [4.78, 5) is 12.0. The van der Waals surface area contributed by atoms with Gasteiger partial charge in [-0.25, -0.2) is 0 Å². The molecule has 1 N–H and O–H groups in total. The quantitative estimate of drug-likeness (QED) is 0.317. The first-order valence-electron chi connectivity index (χ1n) is 11.9. The Kier molecular flexibility index (Phi) is 10.1. The first-order valence-corrected chi connectivity index (χ1v) is 11.9. The smallest absolute Gasteiger partial charge is 0.193 e. The zero-order valence-electron chi connectivity index (χ0n) is 19.9. The summed E-state index contributed by atoms with van der Waals surface area (Å²) in [6.07, 6.45) is 2.40. The van der Waals surface area contributed by atoms with E-state index in [0.717, 1.165) is 57.4 Å². The van der Waals surface area contributed by atoms with Crippen molar-refractivity contribution in [1.29, 1.82) is 0 Å². The number of para-hydroxylation sites is 2. The molecule has 1 unspecified atom stereocenters. The molecule has 33 heavy (non-hydrogen) atoms. The number of halogens is 1. The molecule has 180 valence electrons. The predicted molar refractivity (Wildman–Crippen MR) is 148 cm³/mol. The molecule has 0 radical (unpaired) electrons. The van der Waals surface area contributed by atoms with Gasteiger partial charge in [-0.15, -0.1) is 24.0 Å². The number of piperazine rings is 1. The standard InChI is InChI=1S/C26H37N5O.HI/c1-27-26(31-18-16-30(17-19-31)24-10-6-7-11-25(24)32-2)28-20-23-13-15-29(21-23)14-12-22-8-4-3-5-9-22;/h3-11,23H,12-21H2,1-2H3,(H,27,28);1H. The predicted octanol–water partition coefficient (Wildman–Crippen LogP) is 3.58. The summed E-state index contributed by atoms with van der Waals surface area (Å²) >= 11 is 0. The number of hydrogen-bond donors (Lipinski definition) is 1. The Morgan fingerprint density at radius 3 is 2.45 bits per heavy atom. The van der Waals surface area contributed by atoms with Crippen LogP contribution in [-0.4, -0.2) is 82.3 Å². The molecule has 2 aliphatic rings. The van der Waals surface area contributed by atoms with Crippen LogP contribution in [-0.2, 0) is 6.42 Å². The lowest BCUT2D eigenvalue weighted by molar-refractivity contribution is 0.325. The van der Waals surface area contributed by atoms with Crippen molar-refractivity contribution in [2.45, 2.75) is 12.8 Å². The highest BCUT2D eigenvalue weighted by Crippen LogP contribution is 2.28. The van der Waals surface area contributed by atoms with Crippen molar-refractivity contribution in [2.75, 3.05) is 71.4 Å². The van der Waals surface area contributed by atoms with Crippen molar-refractivity contribution >= 4 is 35.6 Å². The third kappa shape index (κ3) is 6.99. The van der Waals surface area contributed by atoms with E-state index in [1.807, 2.05) is 19.2 Å². The summed E-state index contributed by atoms with van der Waals surface area (Å²) in [5.74, 6) is 2.67. The molecule has 0 bridgehead atoms. The van der Waals surface area contributed by atoms with Crippen LogP contribution in [0.5, 0.6) is 5.75 Å². The summed E-state index contributed by atoms with van der Waals surface area (Å²) in [6, 6.07) is 19.1. The number of hydrogen-bond acceptors (Lipinski definition) is 4. The Labute approximate surface area is 216 Å². The van der Waals surface area contributed by atoms with Crippen LogP contribution in [0.25, 0.3) is 0 Å². The van der Waals surface area contributed by atoms with Crippen LogP contribution in [0.3, 0.4) is 0 Å². The molecule has 2 saturated heterocycles. The van der Waals surface area contributed by atoms with Gasteiger partial charge in [-0.3, -0.25) is 4.99 Å². The summed E-state index contributed by atoms with van der Waals surface area (Å²) in [5, 5.41) is 3.66. The number of nitrogens with zero attached hydrogens (tertiary/aromatic N) is 4. The molecule has 0 spiro atoms. The van der Waals surface area contributed by atoms with Gasteiger partial charge in [0.15, 0.2) is 5.96 Å². The van der Waals surface area contributed by atoms with Gasteiger partial charge in [-0.2, -0.15) is 0 Å². The minimum atomic E-state index is 0. The van der Waals surface area contributed by atoms with Crippen molar-refractivity contribution in [1.82, 2.24) is 15.1 Å². The average molecular weight is 564 g/mol. The third-order valence-electron chi connectivity index (χ3n) is 6.70. The third-order valence-corrected chi connectivity index (χ3v) is 6.70. The molecule has 2 aromatic carbocycles. The highest BCUT2D eigenvalue weighted by atomic mass is 127. The Morgan fingerprint density at radius 1 is 1.00 bits per heavy atom. The molecule has 0 aromatic heterocycles. The highest BCUT2D eigenvalue weighted by molar-refractivity contribution is 14.0. The van der Waals surface area contributed by atoms with Crippen LogP contribution in [0.1, 0.15) is 12.0 Å². The lowest BCUT2D eigenvalue weighted by atomic mass is 10.1. The second-order valence-electron chi connectivity index (χ2n) is 8.76. The van der Waals surface area contributed by atoms with Gasteiger partial charge in [0.1, 0.15) is 5.75 Å². The van der Waals surface area contributed by atoms with Crippen molar-refractivity contribution in [3.05, 3.63) is 60.2 Å². The summed E-state index contributed by atoms with van der Waals surface area (Å²) in [5.41, 5.74) is 2.61. The summed E-state index contributed by atoms with van der Waals surface area (Å²) in [7, 11) is 3.64. The minimum absolute atomic E-state index is 0. The first-order chi connectivity index (χ1) is 15.8. The molecule has 4 rings (SSSR count). The van der Waals surface area contributed by atoms with Crippen molar-refractivity contribution < 1.29 is 4.74 Å². The molecule has 2 aliphatic heterocycles. The molecule has 0 aliphatic carbocycles. The number of anilines is 1. The molecule has 2 fully saturated rings. The van der Waals surface area contributed by atoms with E-state index < -0.39 is 0 Å². The largest absolute Gasteiger partial charge is 0.495 e. The SMILES string of the molecule is CN=C(NCC1CCN(CCc2ccccc2)C1)N1CCN(c2ccccc2OC)CC1.I. The number of aliphatic imine (C=N–C) groups is 1. The van der Waals surface area contributed by atoms with E-state index in [4.69, 9.17) is 4.74 Å².